The molecule has 96 valence electrons. The Balaban J connectivity index is 2.00. The molecule has 3 rings (SSSR count). The van der Waals surface area contributed by atoms with E-state index >= 15 is 0 Å². The lowest BCUT2D eigenvalue weighted by Crippen LogP contribution is -2.38. The fraction of sp³-hybridized carbons (Fsp3) is 0.500. The zero-order valence-corrected chi connectivity index (χ0v) is 11.5. The second kappa shape index (κ2) is 5.24. The summed E-state index contributed by atoms with van der Waals surface area (Å²) in [4.78, 5) is 7.14. The number of thiophene rings is 1. The van der Waals surface area contributed by atoms with E-state index in [2.05, 4.69) is 39.6 Å². The van der Waals surface area contributed by atoms with E-state index in [1.807, 2.05) is 6.20 Å². The van der Waals surface area contributed by atoms with E-state index in [1.165, 1.54) is 28.7 Å². The highest BCUT2D eigenvalue weighted by Gasteiger charge is 2.24. The topological polar surface area (TPSA) is 28.2 Å². The average Bonchev–Trinajstić information content (AvgIpc) is 3.06. The molecular formula is C14H19N3S. The van der Waals surface area contributed by atoms with Gasteiger partial charge in [-0.2, -0.15) is 0 Å². The van der Waals surface area contributed by atoms with Crippen LogP contribution in [0.4, 0.5) is 5.82 Å². The summed E-state index contributed by atoms with van der Waals surface area (Å²) in [5, 5.41) is 6.92. The van der Waals surface area contributed by atoms with E-state index < -0.39 is 0 Å². The largest absolute Gasteiger partial charge is 0.352 e. The summed E-state index contributed by atoms with van der Waals surface area (Å²) in [6.07, 6.45) is 4.33. The Hall–Kier alpha value is -1.13. The molecule has 18 heavy (non-hydrogen) atoms. The van der Waals surface area contributed by atoms with E-state index in [0.717, 1.165) is 19.6 Å². The Labute approximate surface area is 112 Å². The van der Waals surface area contributed by atoms with Crippen LogP contribution in [0.3, 0.4) is 0 Å². The number of nitrogens with one attached hydrogen (secondary N) is 1. The fourth-order valence-electron chi connectivity index (χ4n) is 2.72. The molecular weight excluding hydrogens is 242 g/mol. The van der Waals surface area contributed by atoms with Gasteiger partial charge in [0.15, 0.2) is 0 Å². The van der Waals surface area contributed by atoms with Gasteiger partial charge < -0.3 is 10.2 Å². The van der Waals surface area contributed by atoms with Gasteiger partial charge in [-0.1, -0.05) is 6.92 Å². The third kappa shape index (κ3) is 2.10. The smallest absolute Gasteiger partial charge is 0.137 e. The average molecular weight is 261 g/mol. The van der Waals surface area contributed by atoms with Crippen LogP contribution in [0.25, 0.3) is 10.1 Å². The second-order valence-corrected chi connectivity index (χ2v) is 5.75. The molecule has 1 atom stereocenters. The van der Waals surface area contributed by atoms with Crippen molar-refractivity contribution in [3.63, 3.8) is 0 Å². The lowest BCUT2D eigenvalue weighted by atomic mass is 10.2. The van der Waals surface area contributed by atoms with Crippen LogP contribution in [0.1, 0.15) is 19.8 Å². The normalized spacial score (nSPS) is 19.5. The molecule has 0 radical (unpaired) electrons. The maximum atomic E-state index is 4.65. The minimum Gasteiger partial charge on any atom is -0.352 e. The van der Waals surface area contributed by atoms with Crippen LogP contribution in [0.15, 0.2) is 23.7 Å². The summed E-state index contributed by atoms with van der Waals surface area (Å²) in [7, 11) is 0. The predicted octanol–water partition coefficient (Wildman–Crippen LogP) is 2.87. The molecule has 3 heterocycles. The van der Waals surface area contributed by atoms with Crippen LogP contribution in [-0.2, 0) is 0 Å². The number of nitrogens with zero attached hydrogens (tertiary/aromatic N) is 2. The van der Waals surface area contributed by atoms with Crippen LogP contribution in [-0.4, -0.2) is 30.7 Å². The van der Waals surface area contributed by atoms with Gasteiger partial charge in [-0.05, 0) is 36.9 Å². The quantitative estimate of drug-likeness (QED) is 0.917. The van der Waals surface area contributed by atoms with Gasteiger partial charge in [0.2, 0.25) is 0 Å². The maximum Gasteiger partial charge on any atom is 0.137 e. The zero-order valence-electron chi connectivity index (χ0n) is 10.7. The molecule has 2 aromatic rings. The Kier molecular flexibility index (Phi) is 3.48. The van der Waals surface area contributed by atoms with Crippen LogP contribution in [0.2, 0.25) is 0 Å². The fourth-order valence-corrected chi connectivity index (χ4v) is 3.49. The summed E-state index contributed by atoms with van der Waals surface area (Å²) in [5.41, 5.74) is 0. The first kappa shape index (κ1) is 11.9. The molecule has 1 aliphatic heterocycles. The third-order valence-electron chi connectivity index (χ3n) is 3.57. The Morgan fingerprint density at radius 2 is 2.44 bits per heavy atom. The first-order valence-corrected chi connectivity index (χ1v) is 7.57. The van der Waals surface area contributed by atoms with E-state index in [0.29, 0.717) is 6.04 Å². The zero-order chi connectivity index (χ0) is 12.4. The highest BCUT2D eigenvalue weighted by atomic mass is 32.1. The lowest BCUT2D eigenvalue weighted by molar-refractivity contribution is 0.620. The van der Waals surface area contributed by atoms with E-state index in [1.54, 1.807) is 11.3 Å². The summed E-state index contributed by atoms with van der Waals surface area (Å²) < 4.78 is 1.34. The van der Waals surface area contributed by atoms with Crippen LogP contribution >= 0.6 is 11.3 Å². The van der Waals surface area contributed by atoms with E-state index in [4.69, 9.17) is 0 Å². The second-order valence-electron chi connectivity index (χ2n) is 4.81. The Morgan fingerprint density at radius 3 is 3.22 bits per heavy atom. The molecule has 0 amide bonds. The standard InChI is InChI=1S/C14H19N3S/c1-2-8-17(11-3-6-15-10-11)14-12-5-9-18-13(12)4-7-16-14/h4-5,7,9,11,15H,2-3,6,8,10H2,1H3. The monoisotopic (exact) mass is 261 g/mol. The summed E-state index contributed by atoms with van der Waals surface area (Å²) in [6.45, 7) is 5.55. The number of hydrogen-bond donors (Lipinski definition) is 1. The Morgan fingerprint density at radius 1 is 1.50 bits per heavy atom. The number of anilines is 1. The minimum atomic E-state index is 0.600. The number of hydrogen-bond acceptors (Lipinski definition) is 4. The summed E-state index contributed by atoms with van der Waals surface area (Å²) in [5.74, 6) is 1.17. The van der Waals surface area contributed by atoms with Crippen molar-refractivity contribution in [2.75, 3.05) is 24.5 Å². The molecule has 1 aliphatic rings. The number of pyridine rings is 1. The van der Waals surface area contributed by atoms with Crippen LogP contribution < -0.4 is 10.2 Å². The number of rotatable bonds is 4. The molecule has 1 fully saturated rings. The van der Waals surface area contributed by atoms with Gasteiger partial charge in [0.25, 0.3) is 0 Å². The van der Waals surface area contributed by atoms with Crippen molar-refractivity contribution in [1.29, 1.82) is 0 Å². The van der Waals surface area contributed by atoms with Crippen LogP contribution in [0, 0.1) is 0 Å². The highest BCUT2D eigenvalue weighted by Crippen LogP contribution is 2.30. The molecule has 3 nitrogen and oxygen atoms in total. The molecule has 0 spiro atoms. The first-order valence-electron chi connectivity index (χ1n) is 6.69. The van der Waals surface area contributed by atoms with Crippen molar-refractivity contribution in [2.45, 2.75) is 25.8 Å². The molecule has 1 unspecified atom stereocenters. The molecule has 0 aliphatic carbocycles. The number of fused-ring (bicyclic) bond motifs is 1. The lowest BCUT2D eigenvalue weighted by Gasteiger charge is -2.29. The van der Waals surface area contributed by atoms with E-state index in [9.17, 15) is 0 Å². The Bertz CT molecular complexity index is 516. The van der Waals surface area contributed by atoms with Gasteiger partial charge in [-0.15, -0.1) is 11.3 Å². The van der Waals surface area contributed by atoms with Gasteiger partial charge in [0.1, 0.15) is 5.82 Å². The van der Waals surface area contributed by atoms with Gasteiger partial charge >= 0.3 is 0 Å². The molecule has 1 saturated heterocycles. The van der Waals surface area contributed by atoms with Crippen molar-refractivity contribution in [3.05, 3.63) is 23.7 Å². The molecule has 0 aromatic carbocycles. The van der Waals surface area contributed by atoms with Crippen molar-refractivity contribution in [2.24, 2.45) is 0 Å². The van der Waals surface area contributed by atoms with Crippen molar-refractivity contribution in [1.82, 2.24) is 10.3 Å². The summed E-state index contributed by atoms with van der Waals surface area (Å²) in [6, 6.07) is 4.91. The van der Waals surface area contributed by atoms with E-state index in [-0.39, 0.29) is 0 Å². The summed E-state index contributed by atoms with van der Waals surface area (Å²) >= 11 is 1.80. The predicted molar refractivity (Wildman–Crippen MR) is 78.5 cm³/mol. The molecule has 2 aromatic heterocycles. The molecule has 0 bridgehead atoms. The minimum absolute atomic E-state index is 0.600. The van der Waals surface area contributed by atoms with Crippen molar-refractivity contribution >= 4 is 27.2 Å². The van der Waals surface area contributed by atoms with Gasteiger partial charge in [0.05, 0.1) is 0 Å². The highest BCUT2D eigenvalue weighted by molar-refractivity contribution is 7.17. The van der Waals surface area contributed by atoms with Crippen molar-refractivity contribution in [3.8, 4) is 0 Å². The third-order valence-corrected chi connectivity index (χ3v) is 4.45. The molecule has 4 heteroatoms. The molecule has 0 saturated carbocycles. The molecule has 1 N–H and O–H groups in total. The first-order chi connectivity index (χ1) is 8.90. The van der Waals surface area contributed by atoms with Crippen molar-refractivity contribution < 1.29 is 0 Å². The van der Waals surface area contributed by atoms with Gasteiger partial charge in [-0.25, -0.2) is 4.98 Å². The number of aromatic nitrogens is 1. The maximum absolute atomic E-state index is 4.65. The SMILES string of the molecule is CCCN(c1nccc2sccc12)C1CCNC1. The van der Waals surface area contributed by atoms with Gasteiger partial charge in [-0.3, -0.25) is 0 Å². The van der Waals surface area contributed by atoms with Crippen LogP contribution in [0.5, 0.6) is 0 Å². The van der Waals surface area contributed by atoms with Gasteiger partial charge in [0, 0.05) is 35.4 Å².